The van der Waals surface area contributed by atoms with Gasteiger partial charge in [0.2, 0.25) is 0 Å². The lowest BCUT2D eigenvalue weighted by atomic mass is 10.2. The zero-order valence-electron chi connectivity index (χ0n) is 11.4. The molecule has 19 heavy (non-hydrogen) atoms. The van der Waals surface area contributed by atoms with Gasteiger partial charge in [0.15, 0.2) is 5.82 Å². The van der Waals surface area contributed by atoms with E-state index in [0.29, 0.717) is 17.5 Å². The van der Waals surface area contributed by atoms with Crippen LogP contribution in [0, 0.1) is 12.8 Å². The lowest BCUT2D eigenvalue weighted by Crippen LogP contribution is -2.21. The van der Waals surface area contributed by atoms with Crippen LogP contribution in [0.15, 0.2) is 18.2 Å². The number of halogens is 1. The minimum atomic E-state index is 0.590. The van der Waals surface area contributed by atoms with Gasteiger partial charge in [-0.05, 0) is 47.5 Å². The van der Waals surface area contributed by atoms with Crippen LogP contribution < -0.4 is 5.32 Å². The van der Waals surface area contributed by atoms with Crippen molar-refractivity contribution < 1.29 is 0 Å². The van der Waals surface area contributed by atoms with E-state index in [2.05, 4.69) is 34.7 Å². The highest BCUT2D eigenvalue weighted by atomic mass is 35.5. The molecule has 0 aliphatic carbocycles. The second-order valence-corrected chi connectivity index (χ2v) is 5.39. The molecular formula is C13H18ClN5. The Hall–Kier alpha value is -1.46. The molecule has 5 nitrogen and oxygen atoms in total. The van der Waals surface area contributed by atoms with Gasteiger partial charge in [-0.25, -0.2) is 0 Å². The molecule has 0 aliphatic heterocycles. The summed E-state index contributed by atoms with van der Waals surface area (Å²) in [6, 6.07) is 5.80. The maximum atomic E-state index is 6.21. The molecule has 0 atom stereocenters. The van der Waals surface area contributed by atoms with Crippen LogP contribution in [0.4, 0.5) is 0 Å². The molecule has 0 saturated heterocycles. The maximum Gasteiger partial charge on any atom is 0.170 e. The smallest absolute Gasteiger partial charge is 0.170 e. The number of rotatable bonds is 5. The molecule has 0 saturated carbocycles. The van der Waals surface area contributed by atoms with Crippen molar-refractivity contribution in [2.24, 2.45) is 5.92 Å². The van der Waals surface area contributed by atoms with Gasteiger partial charge in [-0.3, -0.25) is 0 Å². The largest absolute Gasteiger partial charge is 0.310 e. The van der Waals surface area contributed by atoms with Crippen LogP contribution in [0.5, 0.6) is 0 Å². The Labute approximate surface area is 118 Å². The van der Waals surface area contributed by atoms with Crippen LogP contribution in [0.2, 0.25) is 5.02 Å². The number of hydrogen-bond acceptors (Lipinski definition) is 4. The second kappa shape index (κ2) is 6.12. The number of hydrogen-bond donors (Lipinski definition) is 1. The van der Waals surface area contributed by atoms with E-state index < -0.39 is 0 Å². The lowest BCUT2D eigenvalue weighted by molar-refractivity contribution is 0.537. The van der Waals surface area contributed by atoms with Crippen molar-refractivity contribution in [2.75, 3.05) is 6.54 Å². The molecule has 0 radical (unpaired) electrons. The molecule has 0 fully saturated rings. The van der Waals surface area contributed by atoms with Crippen molar-refractivity contribution in [1.82, 2.24) is 25.5 Å². The van der Waals surface area contributed by atoms with Crippen molar-refractivity contribution in [3.63, 3.8) is 0 Å². The molecule has 1 heterocycles. The standard InChI is InChI=1S/C13H18ClN5/c1-9(2)7-15-8-13-16-17-18-19(13)12-6-10(3)4-5-11(12)14/h4-6,9,15H,7-8H2,1-3H3. The van der Waals surface area contributed by atoms with E-state index in [1.807, 2.05) is 25.1 Å². The third-order valence-electron chi connectivity index (χ3n) is 2.70. The van der Waals surface area contributed by atoms with E-state index in [1.54, 1.807) is 4.68 Å². The zero-order chi connectivity index (χ0) is 13.8. The Morgan fingerprint density at radius 3 is 2.89 bits per heavy atom. The molecular weight excluding hydrogens is 262 g/mol. The number of aryl methyl sites for hydroxylation is 1. The van der Waals surface area contributed by atoms with E-state index in [-0.39, 0.29) is 0 Å². The molecule has 102 valence electrons. The summed E-state index contributed by atoms with van der Waals surface area (Å²) in [6.45, 7) is 7.88. The Morgan fingerprint density at radius 2 is 2.16 bits per heavy atom. The highest BCUT2D eigenvalue weighted by Crippen LogP contribution is 2.21. The third kappa shape index (κ3) is 3.52. The summed E-state index contributed by atoms with van der Waals surface area (Å²) in [5.41, 5.74) is 1.93. The maximum absolute atomic E-state index is 6.21. The fourth-order valence-electron chi connectivity index (χ4n) is 1.76. The Bertz CT molecular complexity index is 550. The van der Waals surface area contributed by atoms with Gasteiger partial charge in [0, 0.05) is 0 Å². The van der Waals surface area contributed by atoms with E-state index >= 15 is 0 Å². The van der Waals surface area contributed by atoms with E-state index in [9.17, 15) is 0 Å². The first-order chi connectivity index (χ1) is 9.08. The van der Waals surface area contributed by atoms with Crippen LogP contribution in [0.3, 0.4) is 0 Å². The first-order valence-electron chi connectivity index (χ1n) is 6.32. The molecule has 1 N–H and O–H groups in total. The molecule has 0 bridgehead atoms. The number of benzene rings is 1. The SMILES string of the molecule is Cc1ccc(Cl)c(-n2nnnc2CNCC(C)C)c1. The molecule has 0 aliphatic rings. The quantitative estimate of drug-likeness (QED) is 0.913. The second-order valence-electron chi connectivity index (χ2n) is 4.99. The van der Waals surface area contributed by atoms with Crippen molar-refractivity contribution in [2.45, 2.75) is 27.3 Å². The van der Waals surface area contributed by atoms with Crippen molar-refractivity contribution in [3.05, 3.63) is 34.6 Å². The molecule has 1 aromatic carbocycles. The summed E-state index contributed by atoms with van der Waals surface area (Å²) in [6.07, 6.45) is 0. The van der Waals surface area contributed by atoms with Gasteiger partial charge in [-0.15, -0.1) is 5.10 Å². The Kier molecular flexibility index (Phi) is 4.50. The number of tetrazole rings is 1. The monoisotopic (exact) mass is 279 g/mol. The summed E-state index contributed by atoms with van der Waals surface area (Å²) < 4.78 is 1.68. The number of nitrogens with zero attached hydrogens (tertiary/aromatic N) is 4. The lowest BCUT2D eigenvalue weighted by Gasteiger charge is -2.09. The van der Waals surface area contributed by atoms with Gasteiger partial charge in [0.05, 0.1) is 17.3 Å². The van der Waals surface area contributed by atoms with E-state index in [4.69, 9.17) is 11.6 Å². The van der Waals surface area contributed by atoms with Crippen LogP contribution in [0.1, 0.15) is 25.2 Å². The Morgan fingerprint density at radius 1 is 1.37 bits per heavy atom. The molecule has 1 aromatic heterocycles. The average molecular weight is 280 g/mol. The summed E-state index contributed by atoms with van der Waals surface area (Å²) in [5.74, 6) is 1.35. The minimum absolute atomic E-state index is 0.590. The third-order valence-corrected chi connectivity index (χ3v) is 3.02. The number of aromatic nitrogens is 4. The predicted molar refractivity (Wildman–Crippen MR) is 75.4 cm³/mol. The number of nitrogens with one attached hydrogen (secondary N) is 1. The Balaban J connectivity index is 2.21. The fourth-order valence-corrected chi connectivity index (χ4v) is 1.96. The van der Waals surface area contributed by atoms with E-state index in [0.717, 1.165) is 23.6 Å². The van der Waals surface area contributed by atoms with Crippen molar-refractivity contribution >= 4 is 11.6 Å². The zero-order valence-corrected chi connectivity index (χ0v) is 12.1. The summed E-state index contributed by atoms with van der Waals surface area (Å²) in [4.78, 5) is 0. The van der Waals surface area contributed by atoms with Gasteiger partial charge >= 0.3 is 0 Å². The topological polar surface area (TPSA) is 55.6 Å². The molecule has 2 rings (SSSR count). The first-order valence-corrected chi connectivity index (χ1v) is 6.70. The predicted octanol–water partition coefficient (Wildman–Crippen LogP) is 2.37. The molecule has 2 aromatic rings. The summed E-state index contributed by atoms with van der Waals surface area (Å²) in [5, 5.41) is 15.8. The van der Waals surface area contributed by atoms with Crippen LogP contribution >= 0.6 is 11.6 Å². The van der Waals surface area contributed by atoms with Crippen molar-refractivity contribution in [1.29, 1.82) is 0 Å². The average Bonchev–Trinajstić information content (AvgIpc) is 2.80. The van der Waals surface area contributed by atoms with Gasteiger partial charge in [-0.1, -0.05) is 31.5 Å². The molecule has 0 amide bonds. The van der Waals surface area contributed by atoms with Gasteiger partial charge in [0.25, 0.3) is 0 Å². The van der Waals surface area contributed by atoms with Gasteiger partial charge in [-0.2, -0.15) is 4.68 Å². The summed E-state index contributed by atoms with van der Waals surface area (Å²) >= 11 is 6.21. The normalized spacial score (nSPS) is 11.2. The molecule has 6 heteroatoms. The van der Waals surface area contributed by atoms with Gasteiger partial charge < -0.3 is 5.32 Å². The van der Waals surface area contributed by atoms with Crippen LogP contribution in [0.25, 0.3) is 5.69 Å². The van der Waals surface area contributed by atoms with Crippen LogP contribution in [-0.2, 0) is 6.54 Å². The molecule has 0 unspecified atom stereocenters. The van der Waals surface area contributed by atoms with Gasteiger partial charge in [0.1, 0.15) is 0 Å². The highest BCUT2D eigenvalue weighted by molar-refractivity contribution is 6.32. The van der Waals surface area contributed by atoms with Crippen LogP contribution in [-0.4, -0.2) is 26.8 Å². The van der Waals surface area contributed by atoms with E-state index in [1.165, 1.54) is 0 Å². The molecule has 0 spiro atoms. The highest BCUT2D eigenvalue weighted by Gasteiger charge is 2.11. The van der Waals surface area contributed by atoms with Crippen molar-refractivity contribution in [3.8, 4) is 5.69 Å². The summed E-state index contributed by atoms with van der Waals surface area (Å²) in [7, 11) is 0. The first kappa shape index (κ1) is 14.0. The fraction of sp³-hybridized carbons (Fsp3) is 0.462. The minimum Gasteiger partial charge on any atom is -0.310 e.